The van der Waals surface area contributed by atoms with Gasteiger partial charge in [0.25, 0.3) is 0 Å². The second-order valence-corrected chi connectivity index (χ2v) is 6.05. The summed E-state index contributed by atoms with van der Waals surface area (Å²) in [5, 5.41) is 2.23. The number of thioether (sulfide) groups is 1. The average molecular weight is 352 g/mol. The number of halogens is 1. The normalized spacial score (nSPS) is 9.50. The highest BCUT2D eigenvalue weighted by molar-refractivity contribution is 8.02. The number of hydrogen-bond acceptors (Lipinski definition) is 2. The minimum atomic E-state index is 0. The van der Waals surface area contributed by atoms with Crippen molar-refractivity contribution in [3.63, 3.8) is 0 Å². The molecular weight excluding hydrogens is 343 g/mol. The average Bonchev–Trinajstić information content (AvgIpc) is 2.67. The van der Waals surface area contributed by atoms with Crippen LogP contribution in [0.3, 0.4) is 0 Å². The van der Waals surface area contributed by atoms with Crippen LogP contribution < -0.4 is 24.0 Å². The van der Waals surface area contributed by atoms with E-state index in [4.69, 9.17) is 0 Å². The van der Waals surface area contributed by atoms with E-state index in [0.717, 1.165) is 0 Å². The molecule has 1 aromatic heterocycles. The zero-order valence-corrected chi connectivity index (χ0v) is 12.2. The number of hydrogen-bond donors (Lipinski definition) is 0. The van der Waals surface area contributed by atoms with Crippen LogP contribution in [0, 0.1) is 0 Å². The zero-order chi connectivity index (χ0) is 9.10. The molecular formula is C10H9IS3. The molecule has 0 saturated heterocycles. The molecule has 14 heavy (non-hydrogen) atoms. The van der Waals surface area contributed by atoms with Crippen molar-refractivity contribution in [1.29, 1.82) is 0 Å². The molecule has 0 unspecified atom stereocenters. The van der Waals surface area contributed by atoms with Crippen molar-refractivity contribution in [3.05, 3.63) is 35.7 Å². The molecule has 0 amide bonds. The van der Waals surface area contributed by atoms with Crippen LogP contribution in [0.1, 0.15) is 0 Å². The van der Waals surface area contributed by atoms with E-state index in [1.165, 1.54) is 14.0 Å². The van der Waals surface area contributed by atoms with Gasteiger partial charge in [-0.05, 0) is 6.26 Å². The molecule has 0 atom stereocenters. The molecule has 0 nitrogen and oxygen atoms in total. The maximum absolute atomic E-state index is 2.23. The first kappa shape index (κ1) is 12.4. The van der Waals surface area contributed by atoms with Crippen molar-refractivity contribution in [1.82, 2.24) is 0 Å². The van der Waals surface area contributed by atoms with E-state index < -0.39 is 0 Å². The zero-order valence-electron chi connectivity index (χ0n) is 7.57. The maximum Gasteiger partial charge on any atom is 0.312 e. The summed E-state index contributed by atoms with van der Waals surface area (Å²) < 4.78 is 1.42. The van der Waals surface area contributed by atoms with Gasteiger partial charge in [0.05, 0.1) is 11.3 Å². The minimum Gasteiger partial charge on any atom is -1.00 e. The van der Waals surface area contributed by atoms with Crippen LogP contribution in [-0.4, -0.2) is 6.26 Å². The Hall–Kier alpha value is 0.350. The molecule has 0 radical (unpaired) electrons. The number of benzene rings is 1. The molecule has 0 aliphatic carbocycles. The first-order chi connectivity index (χ1) is 6.40. The largest absolute Gasteiger partial charge is 1.00 e. The Kier molecular flexibility index (Phi) is 5.36. The Morgan fingerprint density at radius 3 is 2.50 bits per heavy atom. The summed E-state index contributed by atoms with van der Waals surface area (Å²) >= 11 is 5.51. The Morgan fingerprint density at radius 2 is 1.93 bits per heavy atom. The van der Waals surface area contributed by atoms with Gasteiger partial charge in [-0.25, -0.2) is 0 Å². The van der Waals surface area contributed by atoms with E-state index in [9.17, 15) is 0 Å². The Labute approximate surface area is 113 Å². The Balaban J connectivity index is 0.000000980. The van der Waals surface area contributed by atoms with Crippen molar-refractivity contribution in [2.45, 2.75) is 3.52 Å². The molecule has 0 fully saturated rings. The predicted molar refractivity (Wildman–Crippen MR) is 63.8 cm³/mol. The third-order valence-electron chi connectivity index (χ3n) is 1.68. The Bertz CT molecular complexity index is 383. The van der Waals surface area contributed by atoms with Gasteiger partial charge >= 0.3 is 3.52 Å². The van der Waals surface area contributed by atoms with E-state index in [-0.39, 0.29) is 24.0 Å². The molecule has 0 aliphatic heterocycles. The topological polar surface area (TPSA) is 0 Å². The summed E-state index contributed by atoms with van der Waals surface area (Å²) in [6.07, 6.45) is 2.12. The van der Waals surface area contributed by atoms with Crippen molar-refractivity contribution >= 4 is 34.4 Å². The van der Waals surface area contributed by atoms with Crippen LogP contribution in [0.4, 0.5) is 0 Å². The van der Waals surface area contributed by atoms with Crippen molar-refractivity contribution in [2.24, 2.45) is 0 Å². The molecule has 0 aliphatic rings. The second-order valence-electron chi connectivity index (χ2n) is 2.52. The molecule has 1 aromatic carbocycles. The van der Waals surface area contributed by atoms with Crippen LogP contribution in [-0.2, 0) is 0 Å². The number of rotatable bonds is 2. The summed E-state index contributed by atoms with van der Waals surface area (Å²) in [4.78, 5) is 1.37. The van der Waals surface area contributed by atoms with Crippen molar-refractivity contribution in [2.75, 3.05) is 6.26 Å². The lowest BCUT2D eigenvalue weighted by molar-refractivity contribution is -0.00000242. The van der Waals surface area contributed by atoms with Crippen LogP contribution in [0.25, 0.3) is 10.4 Å². The summed E-state index contributed by atoms with van der Waals surface area (Å²) in [6, 6.07) is 10.5. The van der Waals surface area contributed by atoms with Gasteiger partial charge in [-0.1, -0.05) is 42.1 Å². The first-order valence-electron chi connectivity index (χ1n) is 3.91. The van der Waals surface area contributed by atoms with Gasteiger partial charge in [-0.2, -0.15) is 0 Å². The van der Waals surface area contributed by atoms with Gasteiger partial charge in [0.2, 0.25) is 0 Å². The van der Waals surface area contributed by atoms with Crippen molar-refractivity contribution < 1.29 is 24.0 Å². The standard InChI is InChI=1S/C10H9S3.HI/c1-11-10-12-7-9(13-10)8-5-3-2-4-6-8;/h2-7H,1H3;1H/q+1;/p-1. The van der Waals surface area contributed by atoms with Crippen molar-refractivity contribution in [3.8, 4) is 10.4 Å². The highest BCUT2D eigenvalue weighted by Gasteiger charge is 2.13. The van der Waals surface area contributed by atoms with Gasteiger partial charge in [0.15, 0.2) is 4.88 Å². The molecule has 4 heteroatoms. The quantitative estimate of drug-likeness (QED) is 0.448. The van der Waals surface area contributed by atoms with E-state index in [0.29, 0.717) is 0 Å². The molecule has 0 bridgehead atoms. The van der Waals surface area contributed by atoms with E-state index >= 15 is 0 Å². The lowest BCUT2D eigenvalue weighted by Crippen LogP contribution is -3.00. The van der Waals surface area contributed by atoms with Crippen LogP contribution in [0.15, 0.2) is 39.2 Å². The highest BCUT2D eigenvalue weighted by atomic mass is 127. The van der Waals surface area contributed by atoms with E-state index in [1.807, 2.05) is 34.4 Å². The minimum absolute atomic E-state index is 0. The third kappa shape index (κ3) is 2.92. The van der Waals surface area contributed by atoms with Gasteiger partial charge < -0.3 is 24.0 Å². The van der Waals surface area contributed by atoms with E-state index in [1.54, 1.807) is 0 Å². The van der Waals surface area contributed by atoms with Gasteiger partial charge in [0.1, 0.15) is 16.7 Å². The lowest BCUT2D eigenvalue weighted by Gasteiger charge is -1.87. The molecule has 74 valence electrons. The fraction of sp³-hybridized carbons (Fsp3) is 0.100. The lowest BCUT2D eigenvalue weighted by atomic mass is 10.2. The summed E-state index contributed by atoms with van der Waals surface area (Å²) in [5.41, 5.74) is 1.32. The molecule has 0 saturated carbocycles. The SMILES string of the molecule is CSc1sc(-c2ccccc2)c[s+]1.[I-]. The third-order valence-corrected chi connectivity index (χ3v) is 5.53. The first-order valence-corrected chi connectivity index (χ1v) is 6.83. The van der Waals surface area contributed by atoms with Crippen LogP contribution >= 0.6 is 34.4 Å². The summed E-state index contributed by atoms with van der Waals surface area (Å²) in [7, 11) is 0. The van der Waals surface area contributed by atoms with Gasteiger partial charge in [-0.3, -0.25) is 0 Å². The fourth-order valence-corrected chi connectivity index (χ4v) is 3.91. The van der Waals surface area contributed by atoms with Crippen LogP contribution in [0.5, 0.6) is 0 Å². The smallest absolute Gasteiger partial charge is 0.312 e. The molecule has 1 heterocycles. The molecule has 0 N–H and O–H groups in total. The predicted octanol–water partition coefficient (Wildman–Crippen LogP) is 1.48. The summed E-state index contributed by atoms with van der Waals surface area (Å²) in [6.45, 7) is 0. The van der Waals surface area contributed by atoms with Crippen LogP contribution in [0.2, 0.25) is 0 Å². The molecule has 0 spiro atoms. The second kappa shape index (κ2) is 6.05. The summed E-state index contributed by atoms with van der Waals surface area (Å²) in [5.74, 6) is 0. The molecule has 2 aromatic rings. The molecule has 2 rings (SSSR count). The monoisotopic (exact) mass is 352 g/mol. The van der Waals surface area contributed by atoms with Gasteiger partial charge in [0, 0.05) is 5.56 Å². The maximum atomic E-state index is 2.23. The highest BCUT2D eigenvalue weighted by Crippen LogP contribution is 2.36. The van der Waals surface area contributed by atoms with E-state index in [2.05, 4.69) is 42.0 Å². The Morgan fingerprint density at radius 1 is 1.21 bits per heavy atom. The fourth-order valence-electron chi connectivity index (χ4n) is 1.06. The van der Waals surface area contributed by atoms with Gasteiger partial charge in [-0.15, -0.1) is 0 Å².